The van der Waals surface area contributed by atoms with Crippen molar-refractivity contribution >= 4 is 22.7 Å². The van der Waals surface area contributed by atoms with Gasteiger partial charge >= 0.3 is 6.36 Å². The highest BCUT2D eigenvalue weighted by Gasteiger charge is 2.31. The second-order valence-electron chi connectivity index (χ2n) is 5.18. The van der Waals surface area contributed by atoms with Gasteiger partial charge in [-0.15, -0.1) is 13.2 Å². The molecule has 0 bridgehead atoms. The lowest BCUT2D eigenvalue weighted by Crippen LogP contribution is -2.20. The number of aromatic amines is 1. The average molecular weight is 363 g/mol. The number of hydrogen-bond donors (Lipinski definition) is 3. The van der Waals surface area contributed by atoms with E-state index in [2.05, 4.69) is 14.9 Å². The number of benzene rings is 1. The number of halogens is 3. The van der Waals surface area contributed by atoms with Crippen molar-refractivity contribution in [3.63, 3.8) is 0 Å². The van der Waals surface area contributed by atoms with Crippen LogP contribution >= 0.6 is 0 Å². The summed E-state index contributed by atoms with van der Waals surface area (Å²) in [4.78, 5) is 12.6. The van der Waals surface area contributed by atoms with Crippen LogP contribution in [0, 0.1) is 5.41 Å². The lowest BCUT2D eigenvalue weighted by Gasteiger charge is -2.12. The van der Waals surface area contributed by atoms with Gasteiger partial charge < -0.3 is 15.9 Å². The van der Waals surface area contributed by atoms with Crippen LogP contribution in [-0.2, 0) is 0 Å². The van der Waals surface area contributed by atoms with Crippen LogP contribution in [-0.4, -0.2) is 27.3 Å². The normalized spacial score (nSPS) is 12.3. The highest BCUT2D eigenvalue weighted by atomic mass is 19.4. The number of allylic oxidation sites excluding steroid dienone is 1. The fraction of sp³-hybridized carbons (Fsp3) is 0.0625. The number of pyridine rings is 1. The third-order valence-electron chi connectivity index (χ3n) is 3.61. The van der Waals surface area contributed by atoms with Gasteiger partial charge in [-0.3, -0.25) is 14.5 Å². The van der Waals surface area contributed by atoms with Crippen LogP contribution in [0.15, 0.2) is 47.7 Å². The van der Waals surface area contributed by atoms with Crippen molar-refractivity contribution in [1.29, 1.82) is 5.41 Å². The Labute approximate surface area is 144 Å². The largest absolute Gasteiger partial charge is 0.573 e. The molecule has 0 atom stereocenters. The van der Waals surface area contributed by atoms with Crippen molar-refractivity contribution in [3.05, 3.63) is 58.8 Å². The highest BCUT2D eigenvalue weighted by Crippen LogP contribution is 2.25. The van der Waals surface area contributed by atoms with Crippen LogP contribution in [0.3, 0.4) is 0 Å². The zero-order valence-corrected chi connectivity index (χ0v) is 13.0. The van der Waals surface area contributed by atoms with Gasteiger partial charge in [-0.1, -0.05) is 0 Å². The predicted octanol–water partition coefficient (Wildman–Crippen LogP) is 2.56. The van der Waals surface area contributed by atoms with Crippen molar-refractivity contribution in [3.8, 4) is 11.4 Å². The van der Waals surface area contributed by atoms with Crippen LogP contribution in [0.25, 0.3) is 22.2 Å². The molecule has 0 radical (unpaired) electrons. The Morgan fingerprint density at radius 3 is 2.58 bits per heavy atom. The second kappa shape index (κ2) is 6.39. The van der Waals surface area contributed by atoms with E-state index in [0.717, 1.165) is 18.3 Å². The summed E-state index contributed by atoms with van der Waals surface area (Å²) in [5.41, 5.74) is 6.39. The van der Waals surface area contributed by atoms with E-state index in [1.165, 1.54) is 35.3 Å². The summed E-state index contributed by atoms with van der Waals surface area (Å²) in [6.07, 6.45) is 0.319. The van der Waals surface area contributed by atoms with Gasteiger partial charge in [-0.05, 0) is 24.3 Å². The molecular weight excluding hydrogens is 351 g/mol. The van der Waals surface area contributed by atoms with Gasteiger partial charge in [0.2, 0.25) is 0 Å². The minimum Gasteiger partial charge on any atom is -0.406 e. The molecule has 3 rings (SSSR count). The van der Waals surface area contributed by atoms with Gasteiger partial charge in [0.25, 0.3) is 5.56 Å². The molecule has 4 N–H and O–H groups in total. The number of nitrogens with one attached hydrogen (secondary N) is 2. The standard InChI is InChI=1S/C16H12F3N5O2/c17-16(18,19)26-11-3-1-10(2-4-11)24-8-13(9(5-20)6-21)12-7-22-23-14(12)15(24)25/h1-8,20H,21H2,(H,22,23)/b9-6+,20-5?. The molecule has 1 aromatic carbocycles. The van der Waals surface area contributed by atoms with Crippen molar-refractivity contribution < 1.29 is 17.9 Å². The minimum atomic E-state index is -4.80. The molecule has 134 valence electrons. The number of alkyl halides is 3. The van der Waals surface area contributed by atoms with Crippen LogP contribution < -0.4 is 16.0 Å². The molecule has 0 aliphatic heterocycles. The van der Waals surface area contributed by atoms with E-state index in [4.69, 9.17) is 11.1 Å². The second-order valence-corrected chi connectivity index (χ2v) is 5.18. The number of hydrogen-bond acceptors (Lipinski definition) is 5. The van der Waals surface area contributed by atoms with Gasteiger partial charge in [0.15, 0.2) is 0 Å². The minimum absolute atomic E-state index is 0.180. The number of rotatable bonds is 4. The molecule has 0 amide bonds. The zero-order valence-electron chi connectivity index (χ0n) is 13.0. The smallest absolute Gasteiger partial charge is 0.406 e. The van der Waals surface area contributed by atoms with Gasteiger partial charge in [-0.2, -0.15) is 5.10 Å². The molecule has 3 aromatic rings. The Bertz CT molecular complexity index is 1050. The highest BCUT2D eigenvalue weighted by molar-refractivity contribution is 6.12. The van der Waals surface area contributed by atoms with Crippen molar-refractivity contribution in [2.75, 3.05) is 0 Å². The fourth-order valence-electron chi connectivity index (χ4n) is 2.48. The first-order valence-electron chi connectivity index (χ1n) is 7.21. The number of aromatic nitrogens is 3. The number of H-pyrrole nitrogens is 1. The third-order valence-corrected chi connectivity index (χ3v) is 3.61. The lowest BCUT2D eigenvalue weighted by atomic mass is 10.1. The summed E-state index contributed by atoms with van der Waals surface area (Å²) >= 11 is 0. The Balaban J connectivity index is 2.15. The molecule has 0 saturated carbocycles. The summed E-state index contributed by atoms with van der Waals surface area (Å²) in [5, 5.41) is 14.3. The monoisotopic (exact) mass is 363 g/mol. The van der Waals surface area contributed by atoms with Gasteiger partial charge in [0, 0.05) is 40.8 Å². The number of nitrogens with zero attached hydrogens (tertiary/aromatic N) is 2. The first-order valence-corrected chi connectivity index (χ1v) is 7.21. The molecule has 0 unspecified atom stereocenters. The molecule has 0 aliphatic carbocycles. The first kappa shape index (κ1) is 17.3. The SMILES string of the molecule is N=C/C(=C\N)c1cn(-c2ccc(OC(F)(F)F)cc2)c(=O)c2[nH]ncc12. The van der Waals surface area contributed by atoms with Crippen molar-refractivity contribution in [1.82, 2.24) is 14.8 Å². The first-order chi connectivity index (χ1) is 12.3. The quantitative estimate of drug-likeness (QED) is 0.619. The lowest BCUT2D eigenvalue weighted by molar-refractivity contribution is -0.274. The molecule has 0 aliphatic rings. The number of fused-ring (bicyclic) bond motifs is 1. The fourth-order valence-corrected chi connectivity index (χ4v) is 2.48. The molecular formula is C16H12F3N5O2. The summed E-state index contributed by atoms with van der Waals surface area (Å²) in [7, 11) is 0. The number of nitrogens with two attached hydrogens (primary N) is 1. The van der Waals surface area contributed by atoms with Crippen LogP contribution in [0.2, 0.25) is 0 Å². The summed E-state index contributed by atoms with van der Waals surface area (Å²) in [5.74, 6) is -0.404. The van der Waals surface area contributed by atoms with Crippen molar-refractivity contribution in [2.45, 2.75) is 6.36 Å². The van der Waals surface area contributed by atoms with Crippen molar-refractivity contribution in [2.24, 2.45) is 5.73 Å². The number of ether oxygens (including phenoxy) is 1. The molecule has 2 heterocycles. The maximum atomic E-state index is 12.6. The zero-order chi connectivity index (χ0) is 18.9. The molecule has 7 nitrogen and oxygen atoms in total. The van der Waals surface area contributed by atoms with Crippen LogP contribution in [0.4, 0.5) is 13.2 Å². The molecule has 0 fully saturated rings. The maximum absolute atomic E-state index is 12.6. The van der Waals surface area contributed by atoms with E-state index in [1.54, 1.807) is 0 Å². The van der Waals surface area contributed by atoms with E-state index < -0.39 is 17.7 Å². The Hall–Kier alpha value is -3.56. The topological polar surface area (TPSA) is 110 Å². The predicted molar refractivity (Wildman–Crippen MR) is 89.3 cm³/mol. The third kappa shape index (κ3) is 3.16. The van der Waals surface area contributed by atoms with Crippen LogP contribution in [0.1, 0.15) is 5.56 Å². The van der Waals surface area contributed by atoms with Crippen LogP contribution in [0.5, 0.6) is 5.75 Å². The Kier molecular flexibility index (Phi) is 4.24. The molecule has 0 spiro atoms. The van der Waals surface area contributed by atoms with E-state index in [-0.39, 0.29) is 5.52 Å². The van der Waals surface area contributed by atoms with Gasteiger partial charge in [-0.25, -0.2) is 0 Å². The van der Waals surface area contributed by atoms with E-state index in [0.29, 0.717) is 22.2 Å². The Morgan fingerprint density at radius 1 is 1.31 bits per heavy atom. The summed E-state index contributed by atoms with van der Waals surface area (Å²) < 4.78 is 41.8. The summed E-state index contributed by atoms with van der Waals surface area (Å²) in [6, 6.07) is 4.82. The molecule has 2 aromatic heterocycles. The molecule has 26 heavy (non-hydrogen) atoms. The van der Waals surface area contributed by atoms with E-state index in [9.17, 15) is 18.0 Å². The van der Waals surface area contributed by atoms with Gasteiger partial charge in [0.05, 0.1) is 6.20 Å². The van der Waals surface area contributed by atoms with E-state index in [1.807, 2.05) is 0 Å². The summed E-state index contributed by atoms with van der Waals surface area (Å²) in [6.45, 7) is 0. The Morgan fingerprint density at radius 2 is 2.00 bits per heavy atom. The molecule has 10 heteroatoms. The van der Waals surface area contributed by atoms with E-state index >= 15 is 0 Å². The molecule has 0 saturated heterocycles. The maximum Gasteiger partial charge on any atom is 0.573 e. The average Bonchev–Trinajstić information content (AvgIpc) is 3.07. The van der Waals surface area contributed by atoms with Gasteiger partial charge in [0.1, 0.15) is 11.3 Å².